The minimum absolute atomic E-state index is 0.0982. The molecule has 0 aliphatic heterocycles. The van der Waals surface area contributed by atoms with Gasteiger partial charge in [0.15, 0.2) is 0 Å². The summed E-state index contributed by atoms with van der Waals surface area (Å²) < 4.78 is 46.1. The smallest absolute Gasteiger partial charge is 0.341 e. The van der Waals surface area contributed by atoms with E-state index in [1.165, 1.54) is 24.3 Å². The first kappa shape index (κ1) is 24.0. The fourth-order valence-corrected chi connectivity index (χ4v) is 3.70. The summed E-state index contributed by atoms with van der Waals surface area (Å²) in [5.41, 5.74) is 0.921. The number of benzene rings is 1. The van der Waals surface area contributed by atoms with Crippen LogP contribution in [0.25, 0.3) is 6.08 Å². The van der Waals surface area contributed by atoms with E-state index in [1.54, 1.807) is 26.8 Å². The zero-order chi connectivity index (χ0) is 21.0. The average molecular weight is 416 g/mol. The predicted octanol–water partition coefficient (Wildman–Crippen LogP) is 3.75. The molecule has 0 spiro atoms. The van der Waals surface area contributed by atoms with E-state index in [-0.39, 0.29) is 32.8 Å². The molecule has 7 nitrogen and oxygen atoms in total. The van der Waals surface area contributed by atoms with E-state index in [0.717, 1.165) is 0 Å². The van der Waals surface area contributed by atoms with Crippen LogP contribution in [0, 0.1) is 5.82 Å². The summed E-state index contributed by atoms with van der Waals surface area (Å²) in [6, 6.07) is 4.32. The van der Waals surface area contributed by atoms with Gasteiger partial charge in [-0.3, -0.25) is 9.36 Å². The number of rotatable bonds is 12. The quantitative estimate of drug-likeness (QED) is 0.291. The Morgan fingerprint density at radius 3 is 2.36 bits per heavy atom. The molecule has 1 aromatic carbocycles. The van der Waals surface area contributed by atoms with Crippen molar-refractivity contribution in [3.63, 3.8) is 0 Å². The highest BCUT2D eigenvalue weighted by atomic mass is 31.2. The molecule has 0 radical (unpaired) electrons. The molecule has 0 saturated carbocycles. The first-order valence-electron chi connectivity index (χ1n) is 9.00. The van der Waals surface area contributed by atoms with Crippen LogP contribution < -0.4 is 0 Å². The Labute approximate surface area is 164 Å². The van der Waals surface area contributed by atoms with E-state index in [2.05, 4.69) is 0 Å². The highest BCUT2D eigenvalue weighted by Crippen LogP contribution is 2.47. The Balaban J connectivity index is 2.62. The molecular weight excluding hydrogens is 390 g/mol. The molecule has 1 aromatic rings. The lowest BCUT2D eigenvalue weighted by Gasteiger charge is -2.16. The van der Waals surface area contributed by atoms with Gasteiger partial charge in [-0.1, -0.05) is 6.07 Å². The Morgan fingerprint density at radius 1 is 1.07 bits per heavy atom. The van der Waals surface area contributed by atoms with Gasteiger partial charge in [0.2, 0.25) is 0 Å². The van der Waals surface area contributed by atoms with Crippen molar-refractivity contribution in [2.45, 2.75) is 27.2 Å². The minimum atomic E-state index is -3.53. The third kappa shape index (κ3) is 8.78. The van der Waals surface area contributed by atoms with Crippen molar-refractivity contribution < 1.29 is 37.1 Å². The molecule has 0 unspecified atom stereocenters. The number of halogens is 1. The molecule has 0 bridgehead atoms. The zero-order valence-electron chi connectivity index (χ0n) is 16.3. The molecule has 0 aliphatic rings. The van der Waals surface area contributed by atoms with Crippen molar-refractivity contribution in [2.75, 3.05) is 32.6 Å². The second-order valence-electron chi connectivity index (χ2n) is 5.51. The molecule has 0 heterocycles. The zero-order valence-corrected chi connectivity index (χ0v) is 17.2. The fourth-order valence-electron chi connectivity index (χ4n) is 2.25. The summed E-state index contributed by atoms with van der Waals surface area (Å²) in [5.74, 6) is -1.70. The van der Waals surface area contributed by atoms with Gasteiger partial charge in [0.1, 0.15) is 12.0 Å². The van der Waals surface area contributed by atoms with E-state index in [4.69, 9.17) is 18.5 Å². The van der Waals surface area contributed by atoms with Gasteiger partial charge in [-0.2, -0.15) is 0 Å². The van der Waals surface area contributed by atoms with Crippen molar-refractivity contribution in [1.82, 2.24) is 0 Å². The van der Waals surface area contributed by atoms with E-state index in [1.807, 2.05) is 0 Å². The van der Waals surface area contributed by atoms with E-state index >= 15 is 0 Å². The number of ether oxygens (including phenoxy) is 2. The number of carbonyl (C=O) groups excluding carboxylic acids is 2. The molecule has 0 amide bonds. The van der Waals surface area contributed by atoms with E-state index < -0.39 is 31.5 Å². The van der Waals surface area contributed by atoms with Gasteiger partial charge in [-0.25, -0.2) is 9.18 Å². The third-order valence-electron chi connectivity index (χ3n) is 3.38. The van der Waals surface area contributed by atoms with Gasteiger partial charge in [0.25, 0.3) is 0 Å². The molecule has 9 heteroatoms. The summed E-state index contributed by atoms with van der Waals surface area (Å²) in [7, 11) is -3.53. The number of carbonyl (C=O) groups is 2. The van der Waals surface area contributed by atoms with Crippen LogP contribution in [0.3, 0.4) is 0 Å². The lowest BCUT2D eigenvalue weighted by molar-refractivity contribution is -0.141. The summed E-state index contributed by atoms with van der Waals surface area (Å²) in [6.07, 6.45) is 2.37. The first-order valence-corrected chi connectivity index (χ1v) is 10.7. The maximum atomic E-state index is 13.9. The predicted molar refractivity (Wildman–Crippen MR) is 102 cm³/mol. The number of esters is 2. The lowest BCUT2D eigenvalue weighted by atomic mass is 10.1. The molecule has 28 heavy (non-hydrogen) atoms. The molecule has 0 fully saturated rings. The molecular formula is C19H26FO7P. The monoisotopic (exact) mass is 416 g/mol. The second-order valence-corrected chi connectivity index (χ2v) is 7.57. The number of hydrogen-bond acceptors (Lipinski definition) is 7. The Bertz CT molecular complexity index is 723. The summed E-state index contributed by atoms with van der Waals surface area (Å²) >= 11 is 0. The van der Waals surface area contributed by atoms with Gasteiger partial charge >= 0.3 is 19.5 Å². The van der Waals surface area contributed by atoms with Crippen LogP contribution >= 0.6 is 7.60 Å². The van der Waals surface area contributed by atoms with Gasteiger partial charge in [0, 0.05) is 12.5 Å². The van der Waals surface area contributed by atoms with Gasteiger partial charge in [-0.05, 0) is 50.1 Å². The molecule has 156 valence electrons. The molecule has 0 aromatic heterocycles. The van der Waals surface area contributed by atoms with E-state index in [0.29, 0.717) is 11.1 Å². The Kier molecular flexibility index (Phi) is 10.7. The standard InChI is InChI=1S/C19H26FO7P/c1-4-24-18(21)10-8-15-7-9-17(20)16(13-15)11-12-25-19(22)14-28(23,26-5-2)27-6-3/h7-10,13H,4-6,11-12,14H2,1-3H3/b10-8+. The maximum absolute atomic E-state index is 13.9. The van der Waals surface area contributed by atoms with Crippen LogP contribution in [-0.4, -0.2) is 44.5 Å². The molecule has 0 atom stereocenters. The number of hydrogen-bond donors (Lipinski definition) is 0. The van der Waals surface area contributed by atoms with Crippen LogP contribution in [0.1, 0.15) is 31.9 Å². The van der Waals surface area contributed by atoms with E-state index in [9.17, 15) is 18.5 Å². The Hall–Kier alpha value is -2.02. The van der Waals surface area contributed by atoms with Crippen LogP contribution in [0.5, 0.6) is 0 Å². The second kappa shape index (κ2) is 12.4. The molecule has 0 N–H and O–H groups in total. The Morgan fingerprint density at radius 2 is 1.75 bits per heavy atom. The molecule has 0 saturated heterocycles. The van der Waals surface area contributed by atoms with Gasteiger partial charge < -0.3 is 18.5 Å². The van der Waals surface area contributed by atoms with Gasteiger partial charge in [0.05, 0.1) is 26.4 Å². The van der Waals surface area contributed by atoms with Crippen molar-refractivity contribution >= 4 is 25.6 Å². The largest absolute Gasteiger partial charge is 0.465 e. The highest BCUT2D eigenvalue weighted by molar-refractivity contribution is 7.54. The first-order chi connectivity index (χ1) is 13.3. The lowest BCUT2D eigenvalue weighted by Crippen LogP contribution is -2.15. The summed E-state index contributed by atoms with van der Waals surface area (Å²) in [4.78, 5) is 23.2. The van der Waals surface area contributed by atoms with Crippen molar-refractivity contribution in [3.05, 3.63) is 41.2 Å². The van der Waals surface area contributed by atoms with Crippen LogP contribution in [-0.2, 0) is 39.1 Å². The van der Waals surface area contributed by atoms with Crippen LogP contribution in [0.15, 0.2) is 24.3 Å². The van der Waals surface area contributed by atoms with Crippen LogP contribution in [0.4, 0.5) is 4.39 Å². The minimum Gasteiger partial charge on any atom is -0.465 e. The van der Waals surface area contributed by atoms with Crippen molar-refractivity contribution in [2.24, 2.45) is 0 Å². The molecule has 0 aliphatic carbocycles. The molecule has 1 rings (SSSR count). The normalized spacial score (nSPS) is 11.6. The highest BCUT2D eigenvalue weighted by Gasteiger charge is 2.28. The van der Waals surface area contributed by atoms with Crippen molar-refractivity contribution in [1.29, 1.82) is 0 Å². The summed E-state index contributed by atoms with van der Waals surface area (Å²) in [6.45, 7) is 5.43. The summed E-state index contributed by atoms with van der Waals surface area (Å²) in [5, 5.41) is 0. The average Bonchev–Trinajstić information content (AvgIpc) is 2.62. The van der Waals surface area contributed by atoms with Crippen LogP contribution in [0.2, 0.25) is 0 Å². The topological polar surface area (TPSA) is 88.1 Å². The fraction of sp³-hybridized carbons (Fsp3) is 0.474. The third-order valence-corrected chi connectivity index (χ3v) is 5.33. The van der Waals surface area contributed by atoms with Crippen molar-refractivity contribution in [3.8, 4) is 0 Å². The maximum Gasteiger partial charge on any atom is 0.341 e. The SMILES string of the molecule is CCOC(=O)/C=C/c1ccc(F)c(CCOC(=O)CP(=O)(OCC)OCC)c1. The van der Waals surface area contributed by atoms with Gasteiger partial charge in [-0.15, -0.1) is 0 Å².